The number of hydrogen-bond donors (Lipinski definition) is 1. The molecule has 3 heteroatoms. The molecule has 0 amide bonds. The first kappa shape index (κ1) is 15.5. The third-order valence-electron chi connectivity index (χ3n) is 3.59. The zero-order valence-electron chi connectivity index (χ0n) is 12.6. The summed E-state index contributed by atoms with van der Waals surface area (Å²) in [5, 5.41) is 3.51. The molecule has 18 heavy (non-hydrogen) atoms. The van der Waals surface area contributed by atoms with Gasteiger partial charge in [-0.25, -0.2) is 0 Å². The number of ether oxygens (including phenoxy) is 1. The average molecular weight is 255 g/mol. The van der Waals surface area contributed by atoms with Gasteiger partial charge in [0.05, 0.1) is 6.42 Å². The molecule has 3 unspecified atom stereocenters. The summed E-state index contributed by atoms with van der Waals surface area (Å²) in [4.78, 5) is 11.6. The molecule has 3 atom stereocenters. The Labute approximate surface area is 112 Å². The van der Waals surface area contributed by atoms with E-state index in [1.54, 1.807) is 0 Å². The van der Waals surface area contributed by atoms with Gasteiger partial charge in [-0.05, 0) is 51.9 Å². The van der Waals surface area contributed by atoms with E-state index in [0.29, 0.717) is 18.4 Å². The summed E-state index contributed by atoms with van der Waals surface area (Å²) in [5.74, 6) is 1.46. The van der Waals surface area contributed by atoms with Gasteiger partial charge in [0.25, 0.3) is 0 Å². The molecule has 0 spiro atoms. The average Bonchev–Trinajstić information content (AvgIpc) is 2.18. The van der Waals surface area contributed by atoms with Gasteiger partial charge in [-0.1, -0.05) is 13.8 Å². The van der Waals surface area contributed by atoms with E-state index >= 15 is 0 Å². The molecular formula is C15H29NO2. The van der Waals surface area contributed by atoms with Crippen molar-refractivity contribution in [3.05, 3.63) is 0 Å². The van der Waals surface area contributed by atoms with Crippen molar-refractivity contribution < 1.29 is 9.53 Å². The summed E-state index contributed by atoms with van der Waals surface area (Å²) >= 11 is 0. The Hall–Kier alpha value is -0.570. The molecular weight excluding hydrogens is 226 g/mol. The summed E-state index contributed by atoms with van der Waals surface area (Å²) in [6.45, 7) is 11.1. The minimum atomic E-state index is -0.370. The fourth-order valence-electron chi connectivity index (χ4n) is 2.72. The van der Waals surface area contributed by atoms with Crippen LogP contribution in [-0.2, 0) is 9.53 Å². The van der Waals surface area contributed by atoms with Crippen molar-refractivity contribution in [2.45, 2.75) is 71.9 Å². The molecule has 0 radical (unpaired) electrons. The molecule has 1 aliphatic carbocycles. The van der Waals surface area contributed by atoms with Crippen molar-refractivity contribution >= 4 is 5.97 Å². The smallest absolute Gasteiger partial charge is 0.307 e. The van der Waals surface area contributed by atoms with Crippen molar-refractivity contribution in [2.75, 3.05) is 6.54 Å². The first-order valence-electron chi connectivity index (χ1n) is 7.23. The molecule has 0 aromatic heterocycles. The van der Waals surface area contributed by atoms with Crippen LogP contribution in [0.2, 0.25) is 0 Å². The maximum atomic E-state index is 11.6. The van der Waals surface area contributed by atoms with E-state index in [1.807, 2.05) is 20.8 Å². The lowest BCUT2D eigenvalue weighted by Crippen LogP contribution is -2.40. The van der Waals surface area contributed by atoms with E-state index < -0.39 is 0 Å². The summed E-state index contributed by atoms with van der Waals surface area (Å²) in [6, 6.07) is 0.573. The quantitative estimate of drug-likeness (QED) is 0.784. The first-order valence-corrected chi connectivity index (χ1v) is 7.23. The third kappa shape index (κ3) is 5.85. The predicted octanol–water partition coefficient (Wildman–Crippen LogP) is 3.13. The van der Waals surface area contributed by atoms with E-state index in [1.165, 1.54) is 19.3 Å². The summed E-state index contributed by atoms with van der Waals surface area (Å²) in [6.07, 6.45) is 4.30. The molecule has 0 saturated heterocycles. The topological polar surface area (TPSA) is 38.3 Å². The Morgan fingerprint density at radius 3 is 2.50 bits per heavy atom. The molecule has 1 N–H and O–H groups in total. The molecule has 0 aliphatic heterocycles. The van der Waals surface area contributed by atoms with E-state index in [2.05, 4.69) is 19.2 Å². The van der Waals surface area contributed by atoms with E-state index in [0.717, 1.165) is 12.5 Å². The standard InChI is InChI=1S/C15H29NO2/c1-11-6-7-13(12(2)10-11)16-9-8-14(17)18-15(3,4)5/h11-13,16H,6-10H2,1-5H3. The van der Waals surface area contributed by atoms with Crippen LogP contribution in [0.25, 0.3) is 0 Å². The lowest BCUT2D eigenvalue weighted by atomic mass is 9.80. The van der Waals surface area contributed by atoms with Crippen LogP contribution in [0.15, 0.2) is 0 Å². The van der Waals surface area contributed by atoms with E-state index in [-0.39, 0.29) is 11.6 Å². The van der Waals surface area contributed by atoms with Crippen LogP contribution in [0.5, 0.6) is 0 Å². The Morgan fingerprint density at radius 1 is 1.28 bits per heavy atom. The monoisotopic (exact) mass is 255 g/mol. The SMILES string of the molecule is CC1CCC(NCCC(=O)OC(C)(C)C)C(C)C1. The van der Waals surface area contributed by atoms with Gasteiger partial charge in [0, 0.05) is 12.6 Å². The fraction of sp³-hybridized carbons (Fsp3) is 0.933. The number of esters is 1. The lowest BCUT2D eigenvalue weighted by molar-refractivity contribution is -0.154. The van der Waals surface area contributed by atoms with Gasteiger partial charge < -0.3 is 10.1 Å². The number of carbonyl (C=O) groups excluding carboxylic acids is 1. The maximum absolute atomic E-state index is 11.6. The number of carbonyl (C=O) groups is 1. The van der Waals surface area contributed by atoms with Gasteiger partial charge in [-0.15, -0.1) is 0 Å². The molecule has 3 nitrogen and oxygen atoms in total. The van der Waals surface area contributed by atoms with Crippen molar-refractivity contribution in [2.24, 2.45) is 11.8 Å². The van der Waals surface area contributed by atoms with Gasteiger partial charge in [0.1, 0.15) is 5.60 Å². The molecule has 0 heterocycles. The molecule has 106 valence electrons. The van der Waals surface area contributed by atoms with Crippen LogP contribution < -0.4 is 5.32 Å². The van der Waals surface area contributed by atoms with Gasteiger partial charge >= 0.3 is 5.97 Å². The highest BCUT2D eigenvalue weighted by atomic mass is 16.6. The number of hydrogen-bond acceptors (Lipinski definition) is 3. The van der Waals surface area contributed by atoms with Gasteiger partial charge in [-0.3, -0.25) is 4.79 Å². The van der Waals surface area contributed by atoms with Crippen molar-refractivity contribution in [1.82, 2.24) is 5.32 Å². The first-order chi connectivity index (χ1) is 8.28. The summed E-state index contributed by atoms with van der Waals surface area (Å²) in [7, 11) is 0. The third-order valence-corrected chi connectivity index (χ3v) is 3.59. The van der Waals surface area contributed by atoms with Gasteiger partial charge in [-0.2, -0.15) is 0 Å². The molecule has 1 saturated carbocycles. The highest BCUT2D eigenvalue weighted by Crippen LogP contribution is 2.28. The van der Waals surface area contributed by atoms with Crippen molar-refractivity contribution in [3.8, 4) is 0 Å². The largest absolute Gasteiger partial charge is 0.460 e. The van der Waals surface area contributed by atoms with E-state index in [9.17, 15) is 4.79 Å². The Bertz CT molecular complexity index is 270. The summed E-state index contributed by atoms with van der Waals surface area (Å²) < 4.78 is 5.29. The number of nitrogens with one attached hydrogen (secondary N) is 1. The van der Waals surface area contributed by atoms with E-state index in [4.69, 9.17) is 4.74 Å². The Balaban J connectivity index is 2.19. The summed E-state index contributed by atoms with van der Waals surface area (Å²) in [5.41, 5.74) is -0.370. The van der Waals surface area contributed by atoms with Crippen LogP contribution in [0.1, 0.15) is 60.3 Å². The lowest BCUT2D eigenvalue weighted by Gasteiger charge is -2.33. The van der Waals surface area contributed by atoms with Crippen LogP contribution >= 0.6 is 0 Å². The molecule has 0 aromatic carbocycles. The number of rotatable bonds is 4. The van der Waals surface area contributed by atoms with Crippen LogP contribution in [0, 0.1) is 11.8 Å². The second kappa shape index (κ2) is 6.55. The highest BCUT2D eigenvalue weighted by molar-refractivity contribution is 5.70. The van der Waals surface area contributed by atoms with Gasteiger partial charge in [0.2, 0.25) is 0 Å². The van der Waals surface area contributed by atoms with Gasteiger partial charge in [0.15, 0.2) is 0 Å². The molecule has 0 aromatic rings. The van der Waals surface area contributed by atoms with Crippen LogP contribution in [0.3, 0.4) is 0 Å². The Morgan fingerprint density at radius 2 is 1.94 bits per heavy atom. The minimum absolute atomic E-state index is 0.105. The molecule has 1 rings (SSSR count). The zero-order valence-corrected chi connectivity index (χ0v) is 12.6. The van der Waals surface area contributed by atoms with Crippen molar-refractivity contribution in [3.63, 3.8) is 0 Å². The second-order valence-electron chi connectivity index (χ2n) is 6.79. The predicted molar refractivity (Wildman–Crippen MR) is 74.4 cm³/mol. The van der Waals surface area contributed by atoms with Crippen LogP contribution in [0.4, 0.5) is 0 Å². The molecule has 1 fully saturated rings. The van der Waals surface area contributed by atoms with Crippen molar-refractivity contribution in [1.29, 1.82) is 0 Å². The second-order valence-corrected chi connectivity index (χ2v) is 6.79. The normalized spacial score (nSPS) is 29.1. The van der Waals surface area contributed by atoms with Crippen LogP contribution in [-0.4, -0.2) is 24.2 Å². The highest BCUT2D eigenvalue weighted by Gasteiger charge is 2.25. The zero-order chi connectivity index (χ0) is 13.8. The fourth-order valence-corrected chi connectivity index (χ4v) is 2.72. The molecule has 0 bridgehead atoms. The molecule has 1 aliphatic rings. The minimum Gasteiger partial charge on any atom is -0.460 e. The Kier molecular flexibility index (Phi) is 5.64. The maximum Gasteiger partial charge on any atom is 0.307 e.